The van der Waals surface area contributed by atoms with Gasteiger partial charge in [-0.1, -0.05) is 72.4 Å². The Hall–Kier alpha value is -2.90. The van der Waals surface area contributed by atoms with Gasteiger partial charge in [0.2, 0.25) is 0 Å². The number of carbonyl (C=O) groups excluding carboxylic acids is 1. The number of nitrogens with one attached hydrogen (secondary N) is 1. The van der Waals surface area contributed by atoms with Gasteiger partial charge in [0.05, 0.1) is 5.39 Å². The van der Waals surface area contributed by atoms with Gasteiger partial charge in [-0.05, 0) is 25.0 Å². The lowest BCUT2D eigenvalue weighted by Gasteiger charge is -2.10. The number of fused-ring (bicyclic) bond motifs is 1. The molecule has 7 heteroatoms. The van der Waals surface area contributed by atoms with Crippen LogP contribution in [0.15, 0.2) is 70.6 Å². The summed E-state index contributed by atoms with van der Waals surface area (Å²) < 4.78 is 5.38. The summed E-state index contributed by atoms with van der Waals surface area (Å²) in [6.07, 6.45) is 0. The third-order valence-electron chi connectivity index (χ3n) is 4.62. The maximum Gasteiger partial charge on any atom is 0.319 e. The number of benzene rings is 2. The Morgan fingerprint density at radius 3 is 2.50 bits per heavy atom. The van der Waals surface area contributed by atoms with Crippen molar-refractivity contribution in [3.8, 4) is 11.1 Å². The van der Waals surface area contributed by atoms with Gasteiger partial charge in [0.25, 0.3) is 5.56 Å². The number of thiophene rings is 1. The average molecular weight is 437 g/mol. The Kier molecular flexibility index (Phi) is 6.01. The van der Waals surface area contributed by atoms with E-state index in [0.29, 0.717) is 15.4 Å². The van der Waals surface area contributed by atoms with Gasteiger partial charge in [0.1, 0.15) is 16.7 Å². The lowest BCUT2D eigenvalue weighted by atomic mass is 10.0. The molecule has 4 aromatic rings. The first-order chi connectivity index (χ1) is 14.5. The Bertz CT molecular complexity index is 1230. The van der Waals surface area contributed by atoms with Crippen molar-refractivity contribution in [2.24, 2.45) is 0 Å². The first-order valence-electron chi connectivity index (χ1n) is 9.49. The topological polar surface area (TPSA) is 72.0 Å². The van der Waals surface area contributed by atoms with Gasteiger partial charge in [0.15, 0.2) is 5.16 Å². The molecule has 0 aliphatic heterocycles. The number of hydrogen-bond acceptors (Lipinski definition) is 6. The van der Waals surface area contributed by atoms with Gasteiger partial charge in [-0.3, -0.25) is 9.59 Å². The monoisotopic (exact) mass is 436 g/mol. The summed E-state index contributed by atoms with van der Waals surface area (Å²) in [5.41, 5.74) is 2.64. The second-order valence-electron chi connectivity index (χ2n) is 6.80. The summed E-state index contributed by atoms with van der Waals surface area (Å²) in [7, 11) is 0. The van der Waals surface area contributed by atoms with Gasteiger partial charge >= 0.3 is 5.97 Å². The summed E-state index contributed by atoms with van der Waals surface area (Å²) in [4.78, 5) is 34.3. The maximum atomic E-state index is 12.9. The van der Waals surface area contributed by atoms with E-state index in [1.807, 2.05) is 67.6 Å². The molecule has 2 aromatic heterocycles. The minimum Gasteiger partial charge on any atom is -0.460 e. The van der Waals surface area contributed by atoms with E-state index in [9.17, 15) is 9.59 Å². The number of rotatable bonds is 6. The molecule has 0 aliphatic rings. The van der Waals surface area contributed by atoms with Gasteiger partial charge in [-0.25, -0.2) is 4.98 Å². The van der Waals surface area contributed by atoms with Crippen LogP contribution in [0.2, 0.25) is 0 Å². The number of aromatic amines is 1. The first kappa shape index (κ1) is 20.4. The highest BCUT2D eigenvalue weighted by atomic mass is 32.2. The SMILES string of the molecule is Cc1sc2nc(SC(C)C(=O)OCc3ccccc3)[nH]c(=O)c2c1-c1ccccc1. The van der Waals surface area contributed by atoms with Crippen LogP contribution >= 0.6 is 23.1 Å². The van der Waals surface area contributed by atoms with Crippen LogP contribution in [-0.2, 0) is 16.1 Å². The number of nitrogens with zero attached hydrogens (tertiary/aromatic N) is 1. The number of esters is 1. The highest BCUT2D eigenvalue weighted by Crippen LogP contribution is 2.36. The zero-order chi connectivity index (χ0) is 21.1. The molecule has 30 heavy (non-hydrogen) atoms. The summed E-state index contributed by atoms with van der Waals surface area (Å²) in [6.45, 7) is 3.96. The third kappa shape index (κ3) is 4.32. The van der Waals surface area contributed by atoms with Crippen molar-refractivity contribution in [1.29, 1.82) is 0 Å². The molecule has 0 saturated heterocycles. The van der Waals surface area contributed by atoms with Crippen LogP contribution < -0.4 is 5.56 Å². The highest BCUT2D eigenvalue weighted by molar-refractivity contribution is 8.00. The Balaban J connectivity index is 1.54. The fraction of sp³-hybridized carbons (Fsp3) is 0.174. The number of H-pyrrole nitrogens is 1. The zero-order valence-electron chi connectivity index (χ0n) is 16.5. The van der Waals surface area contributed by atoms with E-state index < -0.39 is 5.25 Å². The number of hydrogen-bond donors (Lipinski definition) is 1. The standard InChI is InChI=1S/C23H20N2O3S2/c1-14-18(17-11-7-4-8-12-17)19-20(26)24-23(25-21(19)29-14)30-15(2)22(27)28-13-16-9-5-3-6-10-16/h3-12,15H,13H2,1-2H3,(H,24,25,26). The Labute approximate surface area is 182 Å². The number of carbonyl (C=O) groups is 1. The van der Waals surface area contributed by atoms with Gasteiger partial charge in [-0.2, -0.15) is 0 Å². The average Bonchev–Trinajstić information content (AvgIpc) is 3.09. The molecule has 152 valence electrons. The van der Waals surface area contributed by atoms with Crippen LogP contribution in [0.1, 0.15) is 17.4 Å². The fourth-order valence-electron chi connectivity index (χ4n) is 3.17. The summed E-state index contributed by atoms with van der Waals surface area (Å²) in [6, 6.07) is 19.3. The van der Waals surface area contributed by atoms with Crippen LogP contribution in [0, 0.1) is 6.92 Å². The Morgan fingerprint density at radius 1 is 1.13 bits per heavy atom. The smallest absolute Gasteiger partial charge is 0.319 e. The molecule has 0 radical (unpaired) electrons. The van der Waals surface area contributed by atoms with E-state index >= 15 is 0 Å². The molecule has 0 spiro atoms. The summed E-state index contributed by atoms with van der Waals surface area (Å²) >= 11 is 2.68. The number of ether oxygens (including phenoxy) is 1. The number of aromatic nitrogens is 2. The Morgan fingerprint density at radius 2 is 1.80 bits per heavy atom. The molecule has 0 amide bonds. The predicted octanol–water partition coefficient (Wildman–Crippen LogP) is 5.18. The first-order valence-corrected chi connectivity index (χ1v) is 11.2. The van der Waals surface area contributed by atoms with Crippen LogP contribution in [0.25, 0.3) is 21.3 Å². The van der Waals surface area contributed by atoms with Crippen molar-refractivity contribution in [2.45, 2.75) is 30.9 Å². The lowest BCUT2D eigenvalue weighted by molar-refractivity contribution is -0.143. The molecule has 0 fully saturated rings. The lowest BCUT2D eigenvalue weighted by Crippen LogP contribution is -2.18. The maximum absolute atomic E-state index is 12.9. The molecule has 0 bridgehead atoms. The molecule has 0 saturated carbocycles. The second kappa shape index (κ2) is 8.85. The molecule has 1 unspecified atom stereocenters. The van der Waals surface area contributed by atoms with Gasteiger partial charge in [0, 0.05) is 10.4 Å². The van der Waals surface area contributed by atoms with Crippen molar-refractivity contribution in [3.05, 3.63) is 81.5 Å². The van der Waals surface area contributed by atoms with Crippen LogP contribution in [0.5, 0.6) is 0 Å². The van der Waals surface area contributed by atoms with Crippen LogP contribution in [0.3, 0.4) is 0 Å². The van der Waals surface area contributed by atoms with E-state index in [4.69, 9.17) is 4.74 Å². The van der Waals surface area contributed by atoms with Crippen LogP contribution in [-0.4, -0.2) is 21.2 Å². The molecule has 5 nitrogen and oxygen atoms in total. The number of thioether (sulfide) groups is 1. The molecule has 4 rings (SSSR count). The minimum absolute atomic E-state index is 0.199. The number of aryl methyl sites for hydroxylation is 1. The minimum atomic E-state index is -0.496. The molecule has 1 N–H and O–H groups in total. The van der Waals surface area contributed by atoms with E-state index in [1.54, 1.807) is 6.92 Å². The fourth-order valence-corrected chi connectivity index (χ4v) is 5.07. The van der Waals surface area contributed by atoms with Crippen molar-refractivity contribution in [3.63, 3.8) is 0 Å². The van der Waals surface area contributed by atoms with Crippen molar-refractivity contribution in [2.75, 3.05) is 0 Å². The second-order valence-corrected chi connectivity index (χ2v) is 9.34. The highest BCUT2D eigenvalue weighted by Gasteiger charge is 2.20. The third-order valence-corrected chi connectivity index (χ3v) is 6.58. The van der Waals surface area contributed by atoms with Gasteiger partial charge < -0.3 is 9.72 Å². The molecule has 2 heterocycles. The molecule has 1 atom stereocenters. The van der Waals surface area contributed by atoms with Crippen LogP contribution in [0.4, 0.5) is 0 Å². The predicted molar refractivity (Wildman–Crippen MR) is 122 cm³/mol. The van der Waals surface area contributed by atoms with Crippen molar-refractivity contribution < 1.29 is 9.53 Å². The molecular formula is C23H20N2O3S2. The zero-order valence-corrected chi connectivity index (χ0v) is 18.2. The van der Waals surface area contributed by atoms with Gasteiger partial charge in [-0.15, -0.1) is 11.3 Å². The molecular weight excluding hydrogens is 416 g/mol. The summed E-state index contributed by atoms with van der Waals surface area (Å²) in [5, 5.41) is 0.508. The van der Waals surface area contributed by atoms with E-state index in [0.717, 1.165) is 21.6 Å². The normalized spacial score (nSPS) is 12.1. The quantitative estimate of drug-likeness (QED) is 0.256. The van der Waals surface area contributed by atoms with E-state index in [2.05, 4.69) is 9.97 Å². The van der Waals surface area contributed by atoms with E-state index in [1.165, 1.54) is 23.1 Å². The van der Waals surface area contributed by atoms with Crippen molar-refractivity contribution in [1.82, 2.24) is 9.97 Å². The summed E-state index contributed by atoms with van der Waals surface area (Å²) in [5.74, 6) is -0.348. The van der Waals surface area contributed by atoms with E-state index in [-0.39, 0.29) is 18.1 Å². The van der Waals surface area contributed by atoms with Crippen molar-refractivity contribution >= 4 is 39.3 Å². The largest absolute Gasteiger partial charge is 0.460 e. The molecule has 2 aromatic carbocycles. The molecule has 0 aliphatic carbocycles.